The Hall–Kier alpha value is -7.07. The predicted octanol–water partition coefficient (Wildman–Crippen LogP) is -0.452. The lowest BCUT2D eigenvalue weighted by atomic mass is 9.94. The fraction of sp³-hybridized carbons (Fsp3) is 0.773. The van der Waals surface area contributed by atoms with Gasteiger partial charge in [0.25, 0.3) is 5.09 Å². The van der Waals surface area contributed by atoms with Crippen LogP contribution in [0.1, 0.15) is 83.1 Å². The van der Waals surface area contributed by atoms with Crippen LogP contribution in [0.25, 0.3) is 10.4 Å². The molecule has 4 aliphatic rings. The van der Waals surface area contributed by atoms with Crippen LogP contribution < -0.4 is 0 Å². The van der Waals surface area contributed by atoms with E-state index in [0.717, 1.165) is 69.2 Å². The van der Waals surface area contributed by atoms with Gasteiger partial charge in [0.15, 0.2) is 73.8 Å². The van der Waals surface area contributed by atoms with Gasteiger partial charge in [-0.05, 0) is 19.4 Å². The van der Waals surface area contributed by atoms with E-state index >= 15 is 0 Å². The van der Waals surface area contributed by atoms with Crippen molar-refractivity contribution in [2.45, 2.75) is 206 Å². The summed E-state index contributed by atoms with van der Waals surface area (Å²) in [5.41, 5.74) is 9.97. The molecule has 34 nitrogen and oxygen atoms in total. The average Bonchev–Trinajstić information content (AvgIpc) is 3.29. The lowest BCUT2D eigenvalue weighted by Gasteiger charge is -2.51. The van der Waals surface area contributed by atoms with Crippen molar-refractivity contribution < 1.29 is 138 Å². The van der Waals surface area contributed by atoms with Crippen molar-refractivity contribution >= 4 is 59.7 Å². The summed E-state index contributed by atoms with van der Waals surface area (Å²) in [6.07, 6.45) is -35.8. The van der Waals surface area contributed by atoms with Crippen LogP contribution in [-0.2, 0) is 133 Å². The number of nitrogens with zero attached hydrogens (tertiary/aromatic N) is 4. The highest BCUT2D eigenvalue weighted by Crippen LogP contribution is 2.40. The maximum atomic E-state index is 13.1. The van der Waals surface area contributed by atoms with Crippen LogP contribution in [0.2, 0.25) is 0 Å². The Morgan fingerprint density at radius 2 is 0.731 bits per heavy atom. The Kier molecular flexibility index (Phi) is 23.2. The summed E-state index contributed by atoms with van der Waals surface area (Å²) in [6, 6.07) is -2.16. The summed E-state index contributed by atoms with van der Waals surface area (Å²) in [5.74, 6) is -10.0. The highest BCUT2D eigenvalue weighted by molar-refractivity contribution is 5.70. The third-order valence-electron chi connectivity index (χ3n) is 11.2. The van der Waals surface area contributed by atoms with E-state index in [0.29, 0.717) is 0 Å². The van der Waals surface area contributed by atoms with Gasteiger partial charge in [0.1, 0.15) is 43.7 Å². The second kappa shape index (κ2) is 28.5. The van der Waals surface area contributed by atoms with Crippen molar-refractivity contribution in [1.82, 2.24) is 0 Å². The van der Waals surface area contributed by atoms with Gasteiger partial charge < -0.3 is 80.5 Å². The molecule has 4 heterocycles. The predicted molar refractivity (Wildman–Crippen MR) is 239 cm³/mol. The van der Waals surface area contributed by atoms with E-state index in [2.05, 4.69) is 10.0 Å². The summed E-state index contributed by atoms with van der Waals surface area (Å²) < 4.78 is 98.7. The molecule has 0 radical (unpaired) electrons. The molecule has 0 aromatic carbocycles. The zero-order valence-corrected chi connectivity index (χ0v) is 44.0. The molecular weight excluding hydrogens is 1060 g/mol. The number of ether oxygens (including phenoxy) is 17. The van der Waals surface area contributed by atoms with Gasteiger partial charge in [-0.2, -0.15) is 0 Å². The normalized spacial score (nSPS) is 34.3. The van der Waals surface area contributed by atoms with E-state index in [1.54, 1.807) is 0 Å². The minimum atomic E-state index is -2.32. The van der Waals surface area contributed by atoms with Gasteiger partial charge in [-0.15, -0.1) is 10.1 Å². The van der Waals surface area contributed by atoms with Crippen LogP contribution in [0, 0.1) is 10.1 Å². The standard InChI is InChI=1S/C44H60N4O30/c1-15-30(65-19(5)51)35(68-22(8)54)38(71-25(11)57)42(63-15)76-34-29(46-47-45)41(78-48(59)60)73-27(13-61-17(3)49)32(34)75-44-40(37(70-24(10)56)33(67-21(7)53)28(74-44)14-62-18(4)50)77-43-39(72-26(12)58)36(69-23(9)55)31(16(2)64-43)66-20(6)52/h15-16,27-44H,13-14H2,1-12H3/t15?,16?,27?,28?,29?,30-,31+,32-,33+,34-,35?,36?,37+,38-,39+,40?,41+,42+,43?,44+/m1/s1. The van der Waals surface area contributed by atoms with E-state index < -0.39 is 201 Å². The number of carbonyl (C=O) groups is 10. The van der Waals surface area contributed by atoms with Gasteiger partial charge >= 0.3 is 59.7 Å². The fourth-order valence-corrected chi connectivity index (χ4v) is 8.65. The monoisotopic (exact) mass is 1120 g/mol. The van der Waals surface area contributed by atoms with Crippen molar-refractivity contribution in [1.29, 1.82) is 0 Å². The number of hydrogen-bond acceptors (Lipinski definition) is 31. The molecule has 0 bridgehead atoms. The summed E-state index contributed by atoms with van der Waals surface area (Å²) in [7, 11) is 0. The summed E-state index contributed by atoms with van der Waals surface area (Å²) in [6.45, 7) is 10.4. The quantitative estimate of drug-likeness (QED) is 0.0267. The molecule has 436 valence electrons. The molecule has 4 rings (SSSR count). The lowest BCUT2D eigenvalue weighted by Crippen LogP contribution is -2.69. The van der Waals surface area contributed by atoms with Crippen molar-refractivity contribution in [3.63, 3.8) is 0 Å². The number of azide groups is 1. The van der Waals surface area contributed by atoms with Crippen molar-refractivity contribution in [2.75, 3.05) is 13.2 Å². The number of rotatable bonds is 21. The van der Waals surface area contributed by atoms with Gasteiger partial charge in [0.05, 0.1) is 12.2 Å². The van der Waals surface area contributed by atoms with Crippen molar-refractivity contribution in [3.05, 3.63) is 20.6 Å². The van der Waals surface area contributed by atoms with Crippen LogP contribution in [0.5, 0.6) is 0 Å². The van der Waals surface area contributed by atoms with Crippen molar-refractivity contribution in [3.8, 4) is 0 Å². The molecule has 34 heteroatoms. The SMILES string of the molecule is CC(=O)OCC1O[C@@H](O[N+](=O)[O-])C(N=[N+]=[N-])[C@@H](O[C@@H]2OC(C)[C@@H](OC(C)=O)C(OC(C)=O)[C@H]2OC(C)=O)[C@@H]1O[C@@H]1OC(COC(C)=O)[C@H](OC(C)=O)[C@H](OC(C)=O)C1OC1OC(C)[C@H](OC(C)=O)C(OC(C)=O)[C@@H]1OC(C)=O. The Morgan fingerprint density at radius 3 is 1.10 bits per heavy atom. The average molecular weight is 1120 g/mol. The molecule has 0 saturated carbocycles. The number of esters is 10. The molecular formula is C44H60N4O30. The van der Waals surface area contributed by atoms with Gasteiger partial charge in [0, 0.05) is 74.1 Å². The Balaban J connectivity index is 2.07. The van der Waals surface area contributed by atoms with Gasteiger partial charge in [0.2, 0.25) is 6.29 Å². The van der Waals surface area contributed by atoms with Gasteiger partial charge in [-0.3, -0.25) is 52.8 Å². The third-order valence-corrected chi connectivity index (χ3v) is 11.2. The van der Waals surface area contributed by atoms with Crippen LogP contribution in [-0.4, -0.2) is 201 Å². The van der Waals surface area contributed by atoms with Gasteiger partial charge in [-0.25, -0.2) is 0 Å². The van der Waals surface area contributed by atoms with E-state index in [9.17, 15) is 63.6 Å². The largest absolute Gasteiger partial charge is 0.463 e. The molecule has 0 N–H and O–H groups in total. The first kappa shape index (κ1) is 63.5. The first-order valence-electron chi connectivity index (χ1n) is 23.6. The molecule has 4 fully saturated rings. The molecule has 9 unspecified atom stereocenters. The maximum absolute atomic E-state index is 13.1. The third kappa shape index (κ3) is 17.7. The van der Waals surface area contributed by atoms with E-state index in [1.807, 2.05) is 0 Å². The maximum Gasteiger partial charge on any atom is 0.303 e. The molecule has 0 aromatic heterocycles. The molecule has 78 heavy (non-hydrogen) atoms. The minimum absolute atomic E-state index is 0.833. The molecule has 0 aromatic rings. The van der Waals surface area contributed by atoms with Crippen LogP contribution in [0.15, 0.2) is 5.11 Å². The Bertz CT molecular complexity index is 2280. The lowest BCUT2D eigenvalue weighted by molar-refractivity contribution is -0.783. The first-order valence-corrected chi connectivity index (χ1v) is 23.6. The van der Waals surface area contributed by atoms with Crippen LogP contribution in [0.4, 0.5) is 0 Å². The van der Waals surface area contributed by atoms with E-state index in [4.69, 9.17) is 85.4 Å². The van der Waals surface area contributed by atoms with Gasteiger partial charge in [-0.1, -0.05) is 5.11 Å². The van der Waals surface area contributed by atoms with E-state index in [1.165, 1.54) is 13.8 Å². The van der Waals surface area contributed by atoms with Crippen LogP contribution in [0.3, 0.4) is 0 Å². The zero-order chi connectivity index (χ0) is 58.5. The number of carbonyl (C=O) groups excluding carboxylic acids is 10. The van der Waals surface area contributed by atoms with Crippen LogP contribution >= 0.6 is 0 Å². The Morgan fingerprint density at radius 1 is 0.423 bits per heavy atom. The van der Waals surface area contributed by atoms with E-state index in [-0.39, 0.29) is 0 Å². The summed E-state index contributed by atoms with van der Waals surface area (Å²) in [5, 5.41) is 14.3. The molecule has 0 spiro atoms. The zero-order valence-electron chi connectivity index (χ0n) is 44.0. The first-order chi connectivity index (χ1) is 36.5. The highest BCUT2D eigenvalue weighted by Gasteiger charge is 2.61. The molecule has 4 saturated heterocycles. The second-order valence-corrected chi connectivity index (χ2v) is 17.5. The Labute approximate surface area is 442 Å². The smallest absolute Gasteiger partial charge is 0.303 e. The highest BCUT2D eigenvalue weighted by atomic mass is 17.0. The topological polar surface area (TPSA) is 429 Å². The fourth-order valence-electron chi connectivity index (χ4n) is 8.65. The second-order valence-electron chi connectivity index (χ2n) is 17.5. The van der Waals surface area contributed by atoms with Crippen molar-refractivity contribution in [2.24, 2.45) is 5.11 Å². The number of hydrogen-bond donors (Lipinski definition) is 0. The summed E-state index contributed by atoms with van der Waals surface area (Å²) in [4.78, 5) is 146. The molecule has 0 aliphatic carbocycles. The minimum Gasteiger partial charge on any atom is -0.463 e. The molecule has 20 atom stereocenters. The molecule has 4 aliphatic heterocycles. The summed E-state index contributed by atoms with van der Waals surface area (Å²) >= 11 is 0. The molecule has 0 amide bonds.